The molecule has 0 saturated carbocycles. The minimum atomic E-state index is 0.613. The topological polar surface area (TPSA) is 47.6 Å². The van der Waals surface area contributed by atoms with Gasteiger partial charge in [0.25, 0.3) is 0 Å². The lowest BCUT2D eigenvalue weighted by atomic mass is 10.2. The number of carbonyl (C=O) groups excluding carboxylic acids is 1. The SMILES string of the molecule is CC(C)COCCCCOCCCNC=O. The number of ether oxygens (including phenoxy) is 2. The van der Waals surface area contributed by atoms with Crippen molar-refractivity contribution >= 4 is 6.41 Å². The molecule has 1 amide bonds. The number of nitrogens with one attached hydrogen (secondary N) is 1. The zero-order valence-electron chi connectivity index (χ0n) is 10.5. The molecule has 0 heterocycles. The molecule has 0 aliphatic rings. The maximum absolute atomic E-state index is 9.92. The second-order valence-corrected chi connectivity index (χ2v) is 4.21. The molecule has 4 heteroatoms. The van der Waals surface area contributed by atoms with Gasteiger partial charge in [-0.15, -0.1) is 0 Å². The summed E-state index contributed by atoms with van der Waals surface area (Å²) in [6.45, 7) is 8.17. The molecule has 96 valence electrons. The van der Waals surface area contributed by atoms with E-state index in [-0.39, 0.29) is 0 Å². The lowest BCUT2D eigenvalue weighted by Gasteiger charge is -2.07. The molecule has 0 radical (unpaired) electrons. The van der Waals surface area contributed by atoms with Gasteiger partial charge in [0.1, 0.15) is 0 Å². The van der Waals surface area contributed by atoms with Gasteiger partial charge in [0.15, 0.2) is 0 Å². The van der Waals surface area contributed by atoms with Crippen LogP contribution < -0.4 is 5.32 Å². The Hall–Kier alpha value is -0.610. The molecule has 4 nitrogen and oxygen atoms in total. The van der Waals surface area contributed by atoms with Gasteiger partial charge in [-0.2, -0.15) is 0 Å². The largest absolute Gasteiger partial charge is 0.381 e. The Balaban J connectivity index is 2.90. The fourth-order valence-corrected chi connectivity index (χ4v) is 1.16. The summed E-state index contributed by atoms with van der Waals surface area (Å²) in [5.74, 6) is 0.613. The van der Waals surface area contributed by atoms with E-state index in [0.717, 1.165) is 39.1 Å². The second-order valence-electron chi connectivity index (χ2n) is 4.21. The first kappa shape index (κ1) is 15.4. The van der Waals surface area contributed by atoms with Crippen LogP contribution in [0.1, 0.15) is 33.1 Å². The van der Waals surface area contributed by atoms with E-state index in [2.05, 4.69) is 19.2 Å². The van der Waals surface area contributed by atoms with E-state index in [0.29, 0.717) is 25.5 Å². The number of unbranched alkanes of at least 4 members (excludes halogenated alkanes) is 1. The van der Waals surface area contributed by atoms with Crippen LogP contribution in [0, 0.1) is 5.92 Å². The number of amides is 1. The number of hydrogen-bond donors (Lipinski definition) is 1. The van der Waals surface area contributed by atoms with E-state index in [4.69, 9.17) is 9.47 Å². The molecule has 0 aliphatic carbocycles. The highest BCUT2D eigenvalue weighted by atomic mass is 16.5. The van der Waals surface area contributed by atoms with Gasteiger partial charge in [0.2, 0.25) is 6.41 Å². The zero-order chi connectivity index (χ0) is 12.1. The first-order valence-electron chi connectivity index (χ1n) is 6.10. The van der Waals surface area contributed by atoms with Crippen LogP contribution in [0.2, 0.25) is 0 Å². The quantitative estimate of drug-likeness (QED) is 0.410. The molecule has 0 aromatic carbocycles. The Morgan fingerprint density at radius 2 is 1.69 bits per heavy atom. The van der Waals surface area contributed by atoms with Crippen molar-refractivity contribution in [3.8, 4) is 0 Å². The van der Waals surface area contributed by atoms with Crippen LogP contribution in [-0.4, -0.2) is 39.4 Å². The van der Waals surface area contributed by atoms with Gasteiger partial charge in [-0.1, -0.05) is 13.8 Å². The highest BCUT2D eigenvalue weighted by molar-refractivity contribution is 5.45. The molecule has 0 spiro atoms. The molecule has 0 aliphatic heterocycles. The summed E-state index contributed by atoms with van der Waals surface area (Å²) in [4.78, 5) is 9.92. The fourth-order valence-electron chi connectivity index (χ4n) is 1.16. The lowest BCUT2D eigenvalue weighted by Crippen LogP contribution is -2.14. The van der Waals surface area contributed by atoms with Crippen LogP contribution in [0.15, 0.2) is 0 Å². The second kappa shape index (κ2) is 12.5. The highest BCUT2D eigenvalue weighted by Gasteiger charge is 1.94. The van der Waals surface area contributed by atoms with Gasteiger partial charge < -0.3 is 14.8 Å². The summed E-state index contributed by atoms with van der Waals surface area (Å²) in [6, 6.07) is 0. The lowest BCUT2D eigenvalue weighted by molar-refractivity contribution is -0.109. The number of rotatable bonds is 12. The van der Waals surface area contributed by atoms with Crippen LogP contribution in [0.3, 0.4) is 0 Å². The third kappa shape index (κ3) is 13.4. The summed E-state index contributed by atoms with van der Waals surface area (Å²) < 4.78 is 10.8. The van der Waals surface area contributed by atoms with E-state index in [1.165, 1.54) is 0 Å². The Labute approximate surface area is 98.7 Å². The summed E-state index contributed by atoms with van der Waals surface area (Å²) >= 11 is 0. The van der Waals surface area contributed by atoms with Crippen molar-refractivity contribution in [2.45, 2.75) is 33.1 Å². The minimum absolute atomic E-state index is 0.613. The van der Waals surface area contributed by atoms with Crippen molar-refractivity contribution in [3.05, 3.63) is 0 Å². The van der Waals surface area contributed by atoms with Crippen LogP contribution in [0.5, 0.6) is 0 Å². The van der Waals surface area contributed by atoms with Gasteiger partial charge in [0, 0.05) is 33.0 Å². The van der Waals surface area contributed by atoms with E-state index in [1.807, 2.05) is 0 Å². The van der Waals surface area contributed by atoms with Crippen molar-refractivity contribution in [2.75, 3.05) is 33.0 Å². The van der Waals surface area contributed by atoms with Gasteiger partial charge in [-0.3, -0.25) is 4.79 Å². The maximum Gasteiger partial charge on any atom is 0.207 e. The van der Waals surface area contributed by atoms with Crippen LogP contribution in [0.25, 0.3) is 0 Å². The molecule has 0 unspecified atom stereocenters. The van der Waals surface area contributed by atoms with Crippen LogP contribution in [0.4, 0.5) is 0 Å². The monoisotopic (exact) mass is 231 g/mol. The Morgan fingerprint density at radius 1 is 1.06 bits per heavy atom. The molecule has 0 saturated heterocycles. The van der Waals surface area contributed by atoms with Crippen LogP contribution in [-0.2, 0) is 14.3 Å². The van der Waals surface area contributed by atoms with E-state index < -0.39 is 0 Å². The molecule has 1 N–H and O–H groups in total. The Kier molecular flexibility index (Phi) is 12.0. The smallest absolute Gasteiger partial charge is 0.207 e. The standard InChI is InChI=1S/C12H25NO3/c1-12(2)10-16-8-4-3-7-15-9-5-6-13-11-14/h11-12H,3-10H2,1-2H3,(H,13,14). The third-order valence-corrected chi connectivity index (χ3v) is 1.97. The van der Waals surface area contributed by atoms with Crippen molar-refractivity contribution in [1.29, 1.82) is 0 Å². The van der Waals surface area contributed by atoms with Crippen molar-refractivity contribution in [3.63, 3.8) is 0 Å². The minimum Gasteiger partial charge on any atom is -0.381 e. The molecular formula is C12H25NO3. The third-order valence-electron chi connectivity index (χ3n) is 1.97. The molecule has 16 heavy (non-hydrogen) atoms. The Morgan fingerprint density at radius 3 is 2.31 bits per heavy atom. The molecule has 0 atom stereocenters. The maximum atomic E-state index is 9.92. The van der Waals surface area contributed by atoms with Gasteiger partial charge in [-0.05, 0) is 25.2 Å². The summed E-state index contributed by atoms with van der Waals surface area (Å²) in [5, 5.41) is 2.60. The average molecular weight is 231 g/mol. The molecular weight excluding hydrogens is 206 g/mol. The molecule has 0 rings (SSSR count). The molecule has 0 fully saturated rings. The van der Waals surface area contributed by atoms with Gasteiger partial charge >= 0.3 is 0 Å². The predicted molar refractivity (Wildman–Crippen MR) is 64.4 cm³/mol. The normalized spacial score (nSPS) is 10.7. The van der Waals surface area contributed by atoms with E-state index in [9.17, 15) is 4.79 Å². The first-order valence-corrected chi connectivity index (χ1v) is 6.10. The van der Waals surface area contributed by atoms with E-state index in [1.54, 1.807) is 0 Å². The van der Waals surface area contributed by atoms with Gasteiger partial charge in [0.05, 0.1) is 0 Å². The number of hydrogen-bond acceptors (Lipinski definition) is 3. The molecule has 0 aromatic heterocycles. The first-order chi connectivity index (χ1) is 7.77. The van der Waals surface area contributed by atoms with Crippen molar-refractivity contribution in [2.24, 2.45) is 5.92 Å². The fraction of sp³-hybridized carbons (Fsp3) is 0.917. The summed E-state index contributed by atoms with van der Waals surface area (Å²) in [6.07, 6.45) is 3.69. The highest BCUT2D eigenvalue weighted by Crippen LogP contribution is 1.96. The zero-order valence-corrected chi connectivity index (χ0v) is 10.5. The summed E-state index contributed by atoms with van der Waals surface area (Å²) in [7, 11) is 0. The van der Waals surface area contributed by atoms with Gasteiger partial charge in [-0.25, -0.2) is 0 Å². The molecule has 0 bridgehead atoms. The number of carbonyl (C=O) groups is 1. The summed E-state index contributed by atoms with van der Waals surface area (Å²) in [5.41, 5.74) is 0. The average Bonchev–Trinajstić information content (AvgIpc) is 2.25. The molecule has 0 aromatic rings. The van der Waals surface area contributed by atoms with Crippen LogP contribution >= 0.6 is 0 Å². The van der Waals surface area contributed by atoms with Crippen molar-refractivity contribution < 1.29 is 14.3 Å². The van der Waals surface area contributed by atoms with E-state index >= 15 is 0 Å². The predicted octanol–water partition coefficient (Wildman–Crippen LogP) is 1.59. The van der Waals surface area contributed by atoms with Crippen molar-refractivity contribution in [1.82, 2.24) is 5.32 Å². The Bertz CT molecular complexity index is 151.